The molecule has 0 aromatic rings. The molecule has 0 aromatic carbocycles. The van der Waals surface area contributed by atoms with Crippen LogP contribution in [0, 0.1) is 5.92 Å². The molecule has 2 nitrogen and oxygen atoms in total. The molecule has 3 heteroatoms. The lowest BCUT2D eigenvalue weighted by molar-refractivity contribution is 0.264. The predicted octanol–water partition coefficient (Wildman–Crippen LogP) is 0.256. The van der Waals surface area contributed by atoms with E-state index in [0.29, 0.717) is 0 Å². The van der Waals surface area contributed by atoms with Gasteiger partial charge in [0.25, 0.3) is 0 Å². The number of hydrogen-bond acceptors (Lipinski definition) is 3. The van der Waals surface area contributed by atoms with E-state index < -0.39 is 0 Å². The van der Waals surface area contributed by atoms with Crippen molar-refractivity contribution >= 4 is 12.6 Å². The molecule has 1 unspecified atom stereocenters. The average molecular weight is 172 g/mol. The summed E-state index contributed by atoms with van der Waals surface area (Å²) in [5.74, 6) is 1.73. The van der Waals surface area contributed by atoms with Crippen LogP contribution < -0.4 is 10.6 Å². The first-order valence-electron chi connectivity index (χ1n) is 4.48. The Kier molecular flexibility index (Phi) is 2.39. The number of rotatable bonds is 1. The van der Waals surface area contributed by atoms with Crippen LogP contribution in [-0.2, 0) is 0 Å². The van der Waals surface area contributed by atoms with Crippen molar-refractivity contribution in [2.45, 2.75) is 24.9 Å². The fourth-order valence-corrected chi connectivity index (χ4v) is 2.08. The highest BCUT2D eigenvalue weighted by Crippen LogP contribution is 2.22. The molecule has 1 saturated carbocycles. The summed E-state index contributed by atoms with van der Waals surface area (Å²) in [6.07, 6.45) is 2.72. The summed E-state index contributed by atoms with van der Waals surface area (Å²) in [6, 6.07) is 1.53. The third-order valence-electron chi connectivity index (χ3n) is 2.87. The van der Waals surface area contributed by atoms with Crippen molar-refractivity contribution in [3.63, 3.8) is 0 Å². The van der Waals surface area contributed by atoms with Crippen LogP contribution in [0.15, 0.2) is 0 Å². The van der Waals surface area contributed by atoms with Crippen LogP contribution >= 0.6 is 12.6 Å². The van der Waals surface area contributed by atoms with Gasteiger partial charge in [-0.05, 0) is 24.5 Å². The highest BCUT2D eigenvalue weighted by atomic mass is 32.1. The van der Waals surface area contributed by atoms with E-state index >= 15 is 0 Å². The van der Waals surface area contributed by atoms with Gasteiger partial charge in [-0.15, -0.1) is 0 Å². The second kappa shape index (κ2) is 3.33. The molecule has 0 aromatic heterocycles. The molecule has 2 aliphatic rings. The quantitative estimate of drug-likeness (QED) is 0.494. The molecule has 2 rings (SSSR count). The predicted molar refractivity (Wildman–Crippen MR) is 50.2 cm³/mol. The Morgan fingerprint density at radius 3 is 2.00 bits per heavy atom. The van der Waals surface area contributed by atoms with E-state index in [0.717, 1.165) is 36.8 Å². The third-order valence-corrected chi connectivity index (χ3v) is 3.39. The first-order chi connectivity index (χ1) is 5.40. The molecule has 11 heavy (non-hydrogen) atoms. The Labute approximate surface area is 73.5 Å². The minimum absolute atomic E-state index is 0.726. The minimum Gasteiger partial charge on any atom is -0.312 e. The van der Waals surface area contributed by atoms with Crippen LogP contribution in [0.25, 0.3) is 0 Å². The number of hydrogen-bond donors (Lipinski definition) is 3. The van der Waals surface area contributed by atoms with Crippen molar-refractivity contribution in [3.05, 3.63) is 0 Å². The lowest BCUT2D eigenvalue weighted by Gasteiger charge is -2.35. The highest BCUT2D eigenvalue weighted by Gasteiger charge is 2.32. The van der Waals surface area contributed by atoms with Gasteiger partial charge in [-0.25, -0.2) is 0 Å². The fourth-order valence-electron chi connectivity index (χ4n) is 1.83. The molecule has 2 N–H and O–H groups in total. The van der Waals surface area contributed by atoms with Crippen LogP contribution in [-0.4, -0.2) is 30.9 Å². The summed E-state index contributed by atoms with van der Waals surface area (Å²) in [5, 5.41) is 7.14. The largest absolute Gasteiger partial charge is 0.312 e. The Hall–Kier alpha value is 0.270. The van der Waals surface area contributed by atoms with Crippen LogP contribution in [0.2, 0.25) is 0 Å². The van der Waals surface area contributed by atoms with E-state index in [1.165, 1.54) is 12.8 Å². The zero-order valence-corrected chi connectivity index (χ0v) is 7.61. The van der Waals surface area contributed by atoms with E-state index in [-0.39, 0.29) is 0 Å². The first kappa shape index (κ1) is 7.90. The van der Waals surface area contributed by atoms with E-state index in [1.54, 1.807) is 0 Å². The molecule has 1 saturated heterocycles. The number of thiol groups is 1. The SMILES string of the molecule is SCC1CN[C@H]2CC[C@H]2NC1. The molecule has 0 amide bonds. The van der Waals surface area contributed by atoms with Crippen LogP contribution in [0.4, 0.5) is 0 Å². The van der Waals surface area contributed by atoms with Gasteiger partial charge >= 0.3 is 0 Å². The van der Waals surface area contributed by atoms with E-state index in [9.17, 15) is 0 Å². The van der Waals surface area contributed by atoms with Gasteiger partial charge in [0.1, 0.15) is 0 Å². The van der Waals surface area contributed by atoms with Crippen molar-refractivity contribution in [2.75, 3.05) is 18.8 Å². The summed E-state index contributed by atoms with van der Waals surface area (Å²) in [6.45, 7) is 2.30. The standard InChI is InChI=1S/C8H16N2S/c11-5-6-3-9-7-1-2-8(7)10-4-6/h6-11H,1-5H2/t6?,7-,8+. The monoisotopic (exact) mass is 172 g/mol. The second-order valence-corrected chi connectivity index (χ2v) is 4.02. The Morgan fingerprint density at radius 1 is 1.09 bits per heavy atom. The fraction of sp³-hybridized carbons (Fsp3) is 1.00. The van der Waals surface area contributed by atoms with Crippen molar-refractivity contribution in [1.82, 2.24) is 10.6 Å². The topological polar surface area (TPSA) is 24.1 Å². The van der Waals surface area contributed by atoms with E-state index in [4.69, 9.17) is 0 Å². The van der Waals surface area contributed by atoms with E-state index in [2.05, 4.69) is 23.3 Å². The number of fused-ring (bicyclic) bond motifs is 1. The average Bonchev–Trinajstić information content (AvgIpc) is 2.11. The lowest BCUT2D eigenvalue weighted by Crippen LogP contribution is -2.52. The van der Waals surface area contributed by atoms with Crippen molar-refractivity contribution < 1.29 is 0 Å². The molecule has 0 bridgehead atoms. The molecule has 1 aliphatic carbocycles. The Bertz CT molecular complexity index is 126. The molecule has 0 spiro atoms. The summed E-state index contributed by atoms with van der Waals surface area (Å²) in [4.78, 5) is 0. The molecule has 0 radical (unpaired) electrons. The lowest BCUT2D eigenvalue weighted by atomic mass is 9.87. The third kappa shape index (κ3) is 1.55. The van der Waals surface area contributed by atoms with Gasteiger partial charge in [-0.1, -0.05) is 0 Å². The second-order valence-electron chi connectivity index (χ2n) is 3.66. The van der Waals surface area contributed by atoms with Crippen LogP contribution in [0.3, 0.4) is 0 Å². The summed E-state index contributed by atoms with van der Waals surface area (Å²) in [7, 11) is 0. The van der Waals surface area contributed by atoms with Gasteiger partial charge in [0, 0.05) is 25.2 Å². The van der Waals surface area contributed by atoms with Gasteiger partial charge < -0.3 is 10.6 Å². The summed E-state index contributed by atoms with van der Waals surface area (Å²) in [5.41, 5.74) is 0. The first-order valence-corrected chi connectivity index (χ1v) is 5.11. The van der Waals surface area contributed by atoms with Gasteiger partial charge in [-0.3, -0.25) is 0 Å². The summed E-state index contributed by atoms with van der Waals surface area (Å²) >= 11 is 4.31. The molecule has 1 heterocycles. The normalized spacial score (nSPS) is 43.9. The van der Waals surface area contributed by atoms with E-state index in [1.807, 2.05) is 0 Å². The van der Waals surface area contributed by atoms with Crippen molar-refractivity contribution in [2.24, 2.45) is 5.92 Å². The van der Waals surface area contributed by atoms with Crippen LogP contribution in [0.1, 0.15) is 12.8 Å². The maximum Gasteiger partial charge on any atom is 0.0221 e. The molecule has 3 atom stereocenters. The minimum atomic E-state index is 0.726. The zero-order valence-electron chi connectivity index (χ0n) is 6.71. The molecule has 2 fully saturated rings. The maximum atomic E-state index is 4.31. The molecule has 1 aliphatic heterocycles. The zero-order chi connectivity index (χ0) is 7.68. The Balaban J connectivity index is 1.87. The Morgan fingerprint density at radius 2 is 1.64 bits per heavy atom. The molecule has 64 valence electrons. The van der Waals surface area contributed by atoms with Gasteiger partial charge in [0.05, 0.1) is 0 Å². The smallest absolute Gasteiger partial charge is 0.0221 e. The van der Waals surface area contributed by atoms with Crippen molar-refractivity contribution in [1.29, 1.82) is 0 Å². The maximum absolute atomic E-state index is 4.31. The van der Waals surface area contributed by atoms with Crippen LogP contribution in [0.5, 0.6) is 0 Å². The van der Waals surface area contributed by atoms with Crippen molar-refractivity contribution in [3.8, 4) is 0 Å². The highest BCUT2D eigenvalue weighted by molar-refractivity contribution is 7.80. The molecular weight excluding hydrogens is 156 g/mol. The van der Waals surface area contributed by atoms with Gasteiger partial charge in [0.2, 0.25) is 0 Å². The summed E-state index contributed by atoms with van der Waals surface area (Å²) < 4.78 is 0. The van der Waals surface area contributed by atoms with Gasteiger partial charge in [-0.2, -0.15) is 12.6 Å². The molecular formula is C8H16N2S. The number of nitrogens with one attached hydrogen (secondary N) is 2. The van der Waals surface area contributed by atoms with Gasteiger partial charge in [0.15, 0.2) is 0 Å².